The summed E-state index contributed by atoms with van der Waals surface area (Å²) in [4.78, 5) is 0. The number of hydrogen-bond acceptors (Lipinski definition) is 2. The van der Waals surface area contributed by atoms with Gasteiger partial charge in [0.15, 0.2) is 0 Å². The molecule has 2 radical (unpaired) electrons. The number of aryl methyl sites for hydroxylation is 4. The van der Waals surface area contributed by atoms with Gasteiger partial charge in [-0.15, -0.1) is 57.9 Å². The minimum absolute atomic E-state index is 0.826. The van der Waals surface area contributed by atoms with Crippen LogP contribution < -0.4 is 0 Å². The molecule has 6 aromatic carbocycles. The van der Waals surface area contributed by atoms with Gasteiger partial charge in [0, 0.05) is 9.52 Å². The van der Waals surface area contributed by atoms with E-state index < -0.39 is 20.8 Å². The van der Waals surface area contributed by atoms with Gasteiger partial charge < -0.3 is 8.83 Å². The topological polar surface area (TPSA) is 26.3 Å². The van der Waals surface area contributed by atoms with Crippen LogP contribution in [0, 0.1) is 13.8 Å². The summed E-state index contributed by atoms with van der Waals surface area (Å²) in [7, 11) is 11.0. The van der Waals surface area contributed by atoms with Crippen LogP contribution >= 0.6 is 17.0 Å². The third kappa shape index (κ3) is 8.29. The average molecular weight is 843 g/mol. The molecule has 2 aromatic heterocycles. The predicted molar refractivity (Wildman–Crippen MR) is 228 cm³/mol. The van der Waals surface area contributed by atoms with Crippen molar-refractivity contribution in [3.63, 3.8) is 0 Å². The summed E-state index contributed by atoms with van der Waals surface area (Å²) in [6.45, 7) is 8.30. The molecule has 0 atom stereocenters. The van der Waals surface area contributed by atoms with Gasteiger partial charge in [-0.3, -0.25) is 0 Å². The Kier molecular flexibility index (Phi) is 12.8. The van der Waals surface area contributed by atoms with E-state index in [1.165, 1.54) is 105 Å². The Labute approximate surface area is 340 Å². The van der Waals surface area contributed by atoms with Gasteiger partial charge in [0.2, 0.25) is 0 Å². The molecule has 270 valence electrons. The van der Waals surface area contributed by atoms with Gasteiger partial charge in [0.25, 0.3) is 0 Å². The van der Waals surface area contributed by atoms with Crippen molar-refractivity contribution in [2.75, 3.05) is 0 Å². The maximum absolute atomic E-state index is 5.85. The second-order valence-electron chi connectivity index (χ2n) is 14.1. The summed E-state index contributed by atoms with van der Waals surface area (Å²) < 4.78 is 11.7. The van der Waals surface area contributed by atoms with Crippen molar-refractivity contribution >= 4 is 48.1 Å². The summed E-state index contributed by atoms with van der Waals surface area (Å²) in [5.41, 5.74) is 14.0. The van der Waals surface area contributed by atoms with Crippen molar-refractivity contribution in [1.82, 2.24) is 0 Å². The molecule has 6 heteroatoms. The van der Waals surface area contributed by atoms with Crippen molar-refractivity contribution < 1.29 is 29.7 Å². The third-order valence-corrected chi connectivity index (χ3v) is 10.3. The zero-order chi connectivity index (χ0) is 37.6. The van der Waals surface area contributed by atoms with Crippen LogP contribution in [0.25, 0.3) is 66.4 Å². The number of halogens is 2. The Bertz CT molecular complexity index is 2290. The van der Waals surface area contributed by atoms with Crippen molar-refractivity contribution in [2.45, 2.75) is 65.5 Å². The molecule has 2 aliphatic rings. The number of benzene rings is 4. The fourth-order valence-corrected chi connectivity index (χ4v) is 8.18. The van der Waals surface area contributed by atoms with Gasteiger partial charge in [-0.05, 0) is 98.9 Å². The summed E-state index contributed by atoms with van der Waals surface area (Å²) in [5, 5.41) is 5.37. The third-order valence-electron chi connectivity index (χ3n) is 10.3. The van der Waals surface area contributed by atoms with E-state index in [1.54, 1.807) is 11.1 Å². The molecule has 0 aliphatic heterocycles. The quantitative estimate of drug-likeness (QED) is 0.130. The van der Waals surface area contributed by atoms with Gasteiger partial charge >= 0.3 is 37.9 Å². The van der Waals surface area contributed by atoms with Crippen molar-refractivity contribution in [3.05, 3.63) is 155 Å². The Hall–Kier alpha value is -3.66. The van der Waals surface area contributed by atoms with E-state index in [0.717, 1.165) is 32.6 Å². The second kappa shape index (κ2) is 17.9. The molecule has 10 rings (SSSR count). The van der Waals surface area contributed by atoms with E-state index in [2.05, 4.69) is 122 Å². The molecular weight excluding hydrogens is 799 g/mol. The Morgan fingerprint density at radius 3 is 1.30 bits per heavy atom. The van der Waals surface area contributed by atoms with Gasteiger partial charge in [-0.2, -0.15) is 0 Å². The van der Waals surface area contributed by atoms with E-state index in [4.69, 9.17) is 25.9 Å². The number of furan rings is 2. The molecule has 0 spiro atoms. The van der Waals surface area contributed by atoms with Crippen LogP contribution in [-0.2, 0) is 46.5 Å². The molecule has 0 unspecified atom stereocenters. The first-order chi connectivity index (χ1) is 26.4. The second-order valence-corrected chi connectivity index (χ2v) is 18.8. The molecule has 0 N–H and O–H groups in total. The minimum atomic E-state index is -0.826. The van der Waals surface area contributed by atoms with Crippen LogP contribution in [0.2, 0.25) is 13.1 Å². The first-order valence-electron chi connectivity index (χ1n) is 18.7. The summed E-state index contributed by atoms with van der Waals surface area (Å²) in [6.07, 6.45) is 7.32. The molecule has 0 fully saturated rings. The van der Waals surface area contributed by atoms with Crippen molar-refractivity contribution in [2.24, 2.45) is 0 Å². The SMILES string of the molecule is C[Si]C.Cc1ccc(-c2cc3c(-c4ccccc4)c4c(cc3[cH-]2)CCC4)o1.Cc1ccc(-c2cc3c(-c4ccccc4)c4c(cc3[cH-]2)CCC4)o1.[Cl][Zr+2][Cl]. The Morgan fingerprint density at radius 2 is 0.944 bits per heavy atom. The number of rotatable bonds is 4. The molecule has 0 amide bonds. The Balaban J connectivity index is 0.000000146. The van der Waals surface area contributed by atoms with Crippen LogP contribution in [0.1, 0.15) is 46.6 Å². The molecule has 0 bridgehead atoms. The van der Waals surface area contributed by atoms with E-state index in [0.29, 0.717) is 0 Å². The fourth-order valence-electron chi connectivity index (χ4n) is 8.18. The number of hydrogen-bond donors (Lipinski definition) is 0. The van der Waals surface area contributed by atoms with E-state index in [-0.39, 0.29) is 0 Å². The molecule has 0 saturated carbocycles. The molecule has 2 heterocycles. The maximum atomic E-state index is 5.85. The van der Waals surface area contributed by atoms with Crippen LogP contribution in [-0.4, -0.2) is 9.52 Å². The Morgan fingerprint density at radius 1 is 0.556 bits per heavy atom. The van der Waals surface area contributed by atoms with E-state index in [1.807, 2.05) is 26.0 Å². The molecule has 2 nitrogen and oxygen atoms in total. The molecule has 2 aliphatic carbocycles. The average Bonchev–Trinajstić information content (AvgIpc) is 4.04. The number of fused-ring (bicyclic) bond motifs is 4. The monoisotopic (exact) mass is 840 g/mol. The fraction of sp³-hybridized carbons (Fsp3) is 0.208. The van der Waals surface area contributed by atoms with E-state index in [9.17, 15) is 0 Å². The predicted octanol–water partition coefficient (Wildman–Crippen LogP) is 14.7. The molecule has 54 heavy (non-hydrogen) atoms. The standard InChI is InChI=1S/2C23H19O.C2H6Si.2ClH.Zr/c2*1-15-10-11-22(24-15)19-13-18-12-17-8-5-9-20(17)23(21(18)14-19)16-6-3-2-4-7-16;1-3-2;;;/h2*2-4,6-7,10-14H,5,8-9H2,1H3;1-2H3;2*1H;/q2*-1;;;;+4/p-2. The van der Waals surface area contributed by atoms with Gasteiger partial charge in [-0.25, -0.2) is 0 Å². The first kappa shape index (κ1) is 38.6. The normalized spacial score (nSPS) is 12.6. The van der Waals surface area contributed by atoms with Crippen LogP contribution in [0.4, 0.5) is 0 Å². The van der Waals surface area contributed by atoms with E-state index >= 15 is 0 Å². The van der Waals surface area contributed by atoms with Crippen LogP contribution in [0.5, 0.6) is 0 Å². The summed E-state index contributed by atoms with van der Waals surface area (Å²) >= 11 is -0.826. The molecular formula is C48H44Cl2O2SiZr. The van der Waals surface area contributed by atoms with Gasteiger partial charge in [-0.1, -0.05) is 107 Å². The van der Waals surface area contributed by atoms with Crippen LogP contribution in [0.3, 0.4) is 0 Å². The van der Waals surface area contributed by atoms with Crippen molar-refractivity contribution in [3.8, 4) is 44.9 Å². The zero-order valence-electron chi connectivity index (χ0n) is 31.4. The summed E-state index contributed by atoms with van der Waals surface area (Å²) in [6, 6.07) is 43.8. The molecule has 0 saturated heterocycles. The summed E-state index contributed by atoms with van der Waals surface area (Å²) in [5.74, 6) is 3.84. The molecule has 8 aromatic rings. The van der Waals surface area contributed by atoms with Gasteiger partial charge in [0.1, 0.15) is 0 Å². The first-order valence-corrected chi connectivity index (χ1v) is 27.0. The zero-order valence-corrected chi connectivity index (χ0v) is 36.3. The van der Waals surface area contributed by atoms with Crippen molar-refractivity contribution in [1.29, 1.82) is 0 Å². The van der Waals surface area contributed by atoms with Crippen LogP contribution in [0.15, 0.2) is 130 Å². The van der Waals surface area contributed by atoms with Gasteiger partial charge in [0.05, 0.1) is 23.0 Å².